The Kier molecular flexibility index (Phi) is 7.99. The number of halogens is 1. The summed E-state index contributed by atoms with van der Waals surface area (Å²) in [6, 6.07) is 18.2. The summed E-state index contributed by atoms with van der Waals surface area (Å²) in [5.74, 6) is -0.249. The molecule has 1 aliphatic rings. The lowest BCUT2D eigenvalue weighted by Crippen LogP contribution is -2.38. The zero-order valence-corrected chi connectivity index (χ0v) is 27.4. The molecule has 0 aliphatic carbocycles. The van der Waals surface area contributed by atoms with E-state index in [1.165, 1.54) is 0 Å². The van der Waals surface area contributed by atoms with Gasteiger partial charge in [-0.05, 0) is 78.1 Å². The van der Waals surface area contributed by atoms with E-state index < -0.39 is 10.0 Å². The van der Waals surface area contributed by atoms with Gasteiger partial charge in [0.25, 0.3) is 15.9 Å². The normalized spacial score (nSPS) is 15.1. The lowest BCUT2D eigenvalue weighted by molar-refractivity contribution is 0.0681. The van der Waals surface area contributed by atoms with Gasteiger partial charge in [-0.15, -0.1) is 0 Å². The number of rotatable bonds is 5. The van der Waals surface area contributed by atoms with Crippen molar-refractivity contribution in [3.05, 3.63) is 105 Å². The maximum Gasteiger partial charge on any atom is 0.262 e. The second-order valence-corrected chi connectivity index (χ2v) is 15.4. The van der Waals surface area contributed by atoms with Crippen molar-refractivity contribution in [1.82, 2.24) is 14.7 Å². The largest absolute Gasteiger partial charge is 0.334 e. The van der Waals surface area contributed by atoms with Crippen molar-refractivity contribution in [3.63, 3.8) is 0 Å². The van der Waals surface area contributed by atoms with Crippen molar-refractivity contribution in [2.24, 2.45) is 5.41 Å². The number of aryl methyl sites for hydroxylation is 1. The molecule has 4 aromatic rings. The van der Waals surface area contributed by atoms with Crippen LogP contribution in [0.3, 0.4) is 0 Å². The number of anilines is 1. The molecule has 0 saturated carbocycles. The molecule has 0 unspecified atom stereocenters. The molecule has 2 heterocycles. The third-order valence-electron chi connectivity index (χ3n) is 8.13. The van der Waals surface area contributed by atoms with Gasteiger partial charge in [0.15, 0.2) is 0 Å². The van der Waals surface area contributed by atoms with Crippen LogP contribution >= 0.6 is 11.6 Å². The number of hydrogen-bond acceptors (Lipinski definition) is 4. The monoisotopic (exact) mass is 618 g/mol. The van der Waals surface area contributed by atoms with Crippen molar-refractivity contribution in [2.45, 2.75) is 71.7 Å². The van der Waals surface area contributed by atoms with Gasteiger partial charge in [0.1, 0.15) is 0 Å². The summed E-state index contributed by atoms with van der Waals surface area (Å²) in [5.41, 5.74) is 5.28. The van der Waals surface area contributed by atoms with E-state index in [0.717, 1.165) is 28.1 Å². The standard InChI is InChI=1S/C34H39ClN4O3S/c1-22-16-25(33(3,4)5)17-31(23(22)2)43(41,42)37-28-14-10-8-12-26(28)32(40)38-20-24-19-36-39(29-15-11-9-13-27(29)35)30(24)18-34(6,7)21-38/h8-17,19,37H,18,20-21H2,1-7H3. The van der Waals surface area contributed by atoms with E-state index in [4.69, 9.17) is 11.6 Å². The zero-order chi connectivity index (χ0) is 31.3. The molecule has 43 heavy (non-hydrogen) atoms. The fraction of sp³-hybridized carbons (Fsp3) is 0.353. The summed E-state index contributed by atoms with van der Waals surface area (Å²) in [4.78, 5) is 16.2. The minimum Gasteiger partial charge on any atom is -0.334 e. The minimum absolute atomic E-state index is 0.215. The van der Waals surface area contributed by atoms with E-state index in [2.05, 4.69) is 44.4 Å². The summed E-state index contributed by atoms with van der Waals surface area (Å²) < 4.78 is 32.3. The second kappa shape index (κ2) is 11.1. The minimum atomic E-state index is -3.99. The molecular weight excluding hydrogens is 580 g/mol. The second-order valence-electron chi connectivity index (χ2n) is 13.3. The number of aromatic nitrogens is 2. The molecular formula is C34H39ClN4O3S. The van der Waals surface area contributed by atoms with Crippen LogP contribution in [0.5, 0.6) is 0 Å². The Bertz CT molecular complexity index is 1820. The number of nitrogens with zero attached hydrogens (tertiary/aromatic N) is 3. The molecule has 1 aromatic heterocycles. The van der Waals surface area contributed by atoms with Gasteiger partial charge in [0.05, 0.1) is 33.1 Å². The summed E-state index contributed by atoms with van der Waals surface area (Å²) >= 11 is 6.51. The number of benzene rings is 3. The summed E-state index contributed by atoms with van der Waals surface area (Å²) in [5, 5.41) is 5.24. The Morgan fingerprint density at radius 3 is 2.40 bits per heavy atom. The first kappa shape index (κ1) is 30.8. The van der Waals surface area contributed by atoms with Crippen LogP contribution in [-0.2, 0) is 28.4 Å². The van der Waals surface area contributed by atoms with Crippen molar-refractivity contribution in [1.29, 1.82) is 0 Å². The van der Waals surface area contributed by atoms with Gasteiger partial charge >= 0.3 is 0 Å². The average Bonchev–Trinajstić information content (AvgIpc) is 3.22. The number of sulfonamides is 1. The Hall–Kier alpha value is -3.62. The molecule has 0 bridgehead atoms. The fourth-order valence-corrected chi connectivity index (χ4v) is 7.30. The highest BCUT2D eigenvalue weighted by molar-refractivity contribution is 7.92. The zero-order valence-electron chi connectivity index (χ0n) is 25.8. The number of amides is 1. The summed E-state index contributed by atoms with van der Waals surface area (Å²) in [6.45, 7) is 15.0. The Morgan fingerprint density at radius 1 is 1.02 bits per heavy atom. The molecule has 9 heteroatoms. The molecule has 0 radical (unpaired) electrons. The predicted molar refractivity (Wildman–Crippen MR) is 173 cm³/mol. The fourth-order valence-electron chi connectivity index (χ4n) is 5.66. The maximum atomic E-state index is 14.2. The molecule has 7 nitrogen and oxygen atoms in total. The molecule has 3 aromatic carbocycles. The Morgan fingerprint density at radius 2 is 1.70 bits per heavy atom. The van der Waals surface area contributed by atoms with Crippen LogP contribution in [0.1, 0.15) is 72.9 Å². The van der Waals surface area contributed by atoms with Crippen molar-refractivity contribution in [2.75, 3.05) is 11.3 Å². The van der Waals surface area contributed by atoms with Crippen LogP contribution < -0.4 is 4.72 Å². The Balaban J connectivity index is 1.50. The van der Waals surface area contributed by atoms with Crippen LogP contribution in [0, 0.1) is 19.3 Å². The third-order valence-corrected chi connectivity index (χ3v) is 9.94. The Labute approximate surface area is 259 Å². The van der Waals surface area contributed by atoms with E-state index in [-0.39, 0.29) is 27.3 Å². The van der Waals surface area contributed by atoms with Crippen LogP contribution in [0.2, 0.25) is 5.02 Å². The van der Waals surface area contributed by atoms with E-state index in [1.807, 2.05) is 48.9 Å². The molecule has 5 rings (SSSR count). The van der Waals surface area contributed by atoms with E-state index in [1.54, 1.807) is 41.4 Å². The van der Waals surface area contributed by atoms with Gasteiger partial charge in [-0.2, -0.15) is 5.10 Å². The van der Waals surface area contributed by atoms with Gasteiger partial charge in [0.2, 0.25) is 0 Å². The summed E-state index contributed by atoms with van der Waals surface area (Å²) in [7, 11) is -3.99. The number of carbonyl (C=O) groups excluding carboxylic acids is 1. The predicted octanol–water partition coefficient (Wildman–Crippen LogP) is 7.47. The van der Waals surface area contributed by atoms with Crippen LogP contribution in [-0.4, -0.2) is 35.6 Å². The summed E-state index contributed by atoms with van der Waals surface area (Å²) in [6.07, 6.45) is 2.48. The topological polar surface area (TPSA) is 84.3 Å². The lowest BCUT2D eigenvalue weighted by Gasteiger charge is -2.30. The maximum absolute atomic E-state index is 14.2. The van der Waals surface area contributed by atoms with Gasteiger partial charge in [0, 0.05) is 24.3 Å². The van der Waals surface area contributed by atoms with E-state index in [0.29, 0.717) is 35.7 Å². The molecule has 0 atom stereocenters. The quantitative estimate of drug-likeness (QED) is 0.251. The number of nitrogens with one attached hydrogen (secondary N) is 1. The van der Waals surface area contributed by atoms with Crippen LogP contribution in [0.25, 0.3) is 5.69 Å². The molecule has 0 fully saturated rings. The highest BCUT2D eigenvalue weighted by atomic mass is 35.5. The van der Waals surface area contributed by atoms with Crippen LogP contribution in [0.4, 0.5) is 5.69 Å². The van der Waals surface area contributed by atoms with E-state index in [9.17, 15) is 13.2 Å². The van der Waals surface area contributed by atoms with Crippen LogP contribution in [0.15, 0.2) is 71.8 Å². The number of hydrogen-bond donors (Lipinski definition) is 1. The van der Waals surface area contributed by atoms with Gasteiger partial charge in [-0.1, -0.05) is 76.6 Å². The van der Waals surface area contributed by atoms with Gasteiger partial charge < -0.3 is 4.90 Å². The SMILES string of the molecule is Cc1cc(C(C)(C)C)cc(S(=O)(=O)Nc2ccccc2C(=O)N2Cc3cnn(-c4ccccc4Cl)c3CC(C)(C)C2)c1C. The first-order chi connectivity index (χ1) is 20.1. The lowest BCUT2D eigenvalue weighted by atomic mass is 9.85. The average molecular weight is 619 g/mol. The van der Waals surface area contributed by atoms with Crippen molar-refractivity contribution >= 4 is 33.2 Å². The molecule has 226 valence electrons. The van der Waals surface area contributed by atoms with Gasteiger partial charge in [-0.3, -0.25) is 9.52 Å². The van der Waals surface area contributed by atoms with E-state index >= 15 is 0 Å². The number of para-hydroxylation sites is 2. The van der Waals surface area contributed by atoms with Crippen molar-refractivity contribution < 1.29 is 13.2 Å². The molecule has 1 aliphatic heterocycles. The first-order valence-electron chi connectivity index (χ1n) is 14.4. The highest BCUT2D eigenvalue weighted by Crippen LogP contribution is 2.35. The molecule has 0 saturated heterocycles. The van der Waals surface area contributed by atoms with Gasteiger partial charge in [-0.25, -0.2) is 13.1 Å². The molecule has 1 N–H and O–H groups in total. The molecule has 0 spiro atoms. The first-order valence-corrected chi connectivity index (χ1v) is 16.3. The molecule has 1 amide bonds. The number of carbonyl (C=O) groups is 1. The third kappa shape index (κ3) is 6.22. The smallest absolute Gasteiger partial charge is 0.262 e. The van der Waals surface area contributed by atoms with Crippen molar-refractivity contribution in [3.8, 4) is 5.69 Å². The highest BCUT2D eigenvalue weighted by Gasteiger charge is 2.34. The number of fused-ring (bicyclic) bond motifs is 1.